The Morgan fingerprint density at radius 1 is 1.22 bits per heavy atom. The van der Waals surface area contributed by atoms with Crippen LogP contribution in [0.15, 0.2) is 33.5 Å². The molecule has 1 aliphatic rings. The molecule has 9 heteroatoms. The molecule has 0 aliphatic carbocycles. The third-order valence-electron chi connectivity index (χ3n) is 3.65. The summed E-state index contributed by atoms with van der Waals surface area (Å²) in [6, 6.07) is 5.95. The van der Waals surface area contributed by atoms with Crippen molar-refractivity contribution < 1.29 is 31.4 Å². The number of benzene rings is 1. The molecule has 2 heterocycles. The largest absolute Gasteiger partial charge is 0.484 e. The molecule has 23 heavy (non-hydrogen) atoms. The van der Waals surface area contributed by atoms with E-state index in [0.717, 1.165) is 0 Å². The highest BCUT2D eigenvalue weighted by atomic mass is 32.3. The molecule has 124 valence electrons. The van der Waals surface area contributed by atoms with E-state index in [2.05, 4.69) is 4.18 Å². The second-order valence-corrected chi connectivity index (χ2v) is 6.79. The predicted octanol–water partition coefficient (Wildman–Crippen LogP) is 1.19. The van der Waals surface area contributed by atoms with Crippen LogP contribution < -0.4 is 10.4 Å². The zero-order valence-corrected chi connectivity index (χ0v) is 13.0. The average Bonchev–Trinajstić information content (AvgIpc) is 2.41. The maximum Gasteiger partial charge on any atom is 0.397 e. The van der Waals surface area contributed by atoms with E-state index in [4.69, 9.17) is 13.7 Å². The van der Waals surface area contributed by atoms with Gasteiger partial charge in [-0.3, -0.25) is 4.55 Å². The van der Waals surface area contributed by atoms with Crippen molar-refractivity contribution in [3.8, 4) is 5.75 Å². The van der Waals surface area contributed by atoms with Crippen molar-refractivity contribution in [2.45, 2.75) is 31.7 Å². The Bertz CT molecular complexity index is 927. The summed E-state index contributed by atoms with van der Waals surface area (Å²) in [4.78, 5) is 11.5. The minimum Gasteiger partial charge on any atom is -0.484 e. The van der Waals surface area contributed by atoms with Gasteiger partial charge in [0.1, 0.15) is 29.1 Å². The van der Waals surface area contributed by atoms with Gasteiger partial charge < -0.3 is 14.3 Å². The van der Waals surface area contributed by atoms with Crippen molar-refractivity contribution in [3.63, 3.8) is 0 Å². The topological polar surface area (TPSA) is 123 Å². The van der Waals surface area contributed by atoms with Crippen LogP contribution >= 0.6 is 0 Å². The molecule has 8 nitrogen and oxygen atoms in total. The molecular formula is C14H14O8S. The fourth-order valence-electron chi connectivity index (χ4n) is 2.68. The summed E-state index contributed by atoms with van der Waals surface area (Å²) < 4.78 is 46.4. The molecule has 2 atom stereocenters. The molecule has 1 aromatic carbocycles. The van der Waals surface area contributed by atoms with Crippen LogP contribution in [0.25, 0.3) is 11.0 Å². The highest BCUT2D eigenvalue weighted by Gasteiger charge is 2.47. The van der Waals surface area contributed by atoms with Gasteiger partial charge in [-0.15, -0.1) is 0 Å². The molecule has 0 fully saturated rings. The first kappa shape index (κ1) is 15.9. The van der Waals surface area contributed by atoms with E-state index in [0.29, 0.717) is 5.39 Å². The van der Waals surface area contributed by atoms with Gasteiger partial charge in [-0.05, 0) is 32.0 Å². The van der Waals surface area contributed by atoms with Crippen molar-refractivity contribution in [2.24, 2.45) is 0 Å². The van der Waals surface area contributed by atoms with Gasteiger partial charge >= 0.3 is 16.0 Å². The molecule has 3 rings (SSSR count). The normalized spacial score (nSPS) is 23.3. The molecule has 0 bridgehead atoms. The minimum atomic E-state index is -4.82. The van der Waals surface area contributed by atoms with Crippen molar-refractivity contribution >= 4 is 21.4 Å². The van der Waals surface area contributed by atoms with Gasteiger partial charge in [0.05, 0.1) is 5.56 Å². The molecule has 1 aliphatic heterocycles. The number of fused-ring (bicyclic) bond motifs is 3. The molecule has 2 N–H and O–H groups in total. The van der Waals surface area contributed by atoms with Crippen molar-refractivity contribution in [1.82, 2.24) is 0 Å². The predicted molar refractivity (Wildman–Crippen MR) is 78.6 cm³/mol. The number of rotatable bonds is 2. The molecule has 1 aromatic heterocycles. The maximum absolute atomic E-state index is 11.5. The number of hydrogen-bond donors (Lipinski definition) is 2. The highest BCUT2D eigenvalue weighted by molar-refractivity contribution is 7.80. The Balaban J connectivity index is 2.23. The van der Waals surface area contributed by atoms with E-state index in [-0.39, 0.29) is 16.9 Å². The first-order chi connectivity index (χ1) is 10.6. The standard InChI is InChI=1S/C14H14O8S/c1-14(2)13(22-23(17,18)19)11(16)10-8(21-14)5-3-7-4-6-9(15)20-12(7)10/h3-6,11,13,16H,1-2H3,(H,17,18,19)/t11-,13-/m1/s1. The number of ether oxygens (including phenoxy) is 1. The Morgan fingerprint density at radius 3 is 2.52 bits per heavy atom. The summed E-state index contributed by atoms with van der Waals surface area (Å²) in [5.74, 6) is 0.236. The van der Waals surface area contributed by atoms with Crippen LogP contribution in [0.5, 0.6) is 5.75 Å². The number of hydrogen-bond acceptors (Lipinski definition) is 7. The van der Waals surface area contributed by atoms with Gasteiger partial charge in [0.2, 0.25) is 0 Å². The minimum absolute atomic E-state index is 0.0712. The van der Waals surface area contributed by atoms with Gasteiger partial charge in [0.15, 0.2) is 0 Å². The molecule has 0 spiro atoms. The van der Waals surface area contributed by atoms with Crippen LogP contribution in [0.2, 0.25) is 0 Å². The monoisotopic (exact) mass is 342 g/mol. The van der Waals surface area contributed by atoms with Crippen LogP contribution in [0.4, 0.5) is 0 Å². The van der Waals surface area contributed by atoms with E-state index in [1.807, 2.05) is 0 Å². The Hall–Kier alpha value is -1.94. The lowest BCUT2D eigenvalue weighted by Gasteiger charge is -2.41. The van der Waals surface area contributed by atoms with Gasteiger partial charge in [-0.1, -0.05) is 0 Å². The SMILES string of the molecule is CC1(C)Oc2ccc3ccc(=O)oc3c2[C@@H](O)[C@H]1OS(=O)(=O)O. The number of aliphatic hydroxyl groups is 1. The molecule has 0 saturated carbocycles. The molecule has 0 amide bonds. The van der Waals surface area contributed by atoms with Crippen LogP contribution in [-0.4, -0.2) is 29.8 Å². The third kappa shape index (κ3) is 2.83. The summed E-state index contributed by atoms with van der Waals surface area (Å²) in [6.07, 6.45) is -2.92. The molecule has 2 aromatic rings. The lowest BCUT2D eigenvalue weighted by molar-refractivity contribution is -0.0984. The van der Waals surface area contributed by atoms with Gasteiger partial charge in [0, 0.05) is 11.5 Å². The van der Waals surface area contributed by atoms with Gasteiger partial charge in [-0.25, -0.2) is 8.98 Å². The summed E-state index contributed by atoms with van der Waals surface area (Å²) in [6.45, 7) is 3.00. The Labute approximate surface area is 131 Å². The van der Waals surface area contributed by atoms with Crippen LogP contribution in [-0.2, 0) is 14.6 Å². The quantitative estimate of drug-likeness (QED) is 0.616. The Morgan fingerprint density at radius 2 is 1.87 bits per heavy atom. The first-order valence-electron chi connectivity index (χ1n) is 6.68. The zero-order valence-electron chi connectivity index (χ0n) is 12.2. The van der Waals surface area contributed by atoms with E-state index in [1.165, 1.54) is 26.0 Å². The zero-order chi connectivity index (χ0) is 17.0. The first-order valence-corrected chi connectivity index (χ1v) is 8.04. The van der Waals surface area contributed by atoms with E-state index < -0.39 is 33.8 Å². The lowest BCUT2D eigenvalue weighted by Crippen LogP contribution is -2.51. The second kappa shape index (κ2) is 5.03. The molecule has 0 radical (unpaired) electrons. The van der Waals surface area contributed by atoms with Crippen LogP contribution in [0.1, 0.15) is 25.5 Å². The summed E-state index contributed by atoms with van der Waals surface area (Å²) in [5.41, 5.74) is -1.73. The summed E-state index contributed by atoms with van der Waals surface area (Å²) in [5, 5.41) is 11.1. The fourth-order valence-corrected chi connectivity index (χ4v) is 3.28. The smallest absolute Gasteiger partial charge is 0.397 e. The molecule has 0 saturated heterocycles. The van der Waals surface area contributed by atoms with E-state index >= 15 is 0 Å². The second-order valence-electron chi connectivity index (χ2n) is 5.75. The van der Waals surface area contributed by atoms with Crippen molar-refractivity contribution in [3.05, 3.63) is 40.2 Å². The fraction of sp³-hybridized carbons (Fsp3) is 0.357. The molecular weight excluding hydrogens is 328 g/mol. The van der Waals surface area contributed by atoms with Crippen molar-refractivity contribution in [1.29, 1.82) is 0 Å². The molecule has 0 unspecified atom stereocenters. The van der Waals surface area contributed by atoms with Gasteiger partial charge in [-0.2, -0.15) is 8.42 Å². The van der Waals surface area contributed by atoms with E-state index in [9.17, 15) is 18.3 Å². The van der Waals surface area contributed by atoms with E-state index in [1.54, 1.807) is 12.1 Å². The third-order valence-corrected chi connectivity index (χ3v) is 4.10. The Kier molecular flexibility index (Phi) is 3.49. The van der Waals surface area contributed by atoms with Gasteiger partial charge in [0.25, 0.3) is 0 Å². The summed E-state index contributed by atoms with van der Waals surface area (Å²) >= 11 is 0. The maximum atomic E-state index is 11.5. The highest BCUT2D eigenvalue weighted by Crippen LogP contribution is 2.44. The van der Waals surface area contributed by atoms with Crippen LogP contribution in [0, 0.1) is 0 Å². The average molecular weight is 342 g/mol. The van der Waals surface area contributed by atoms with Crippen LogP contribution in [0.3, 0.4) is 0 Å². The summed E-state index contributed by atoms with van der Waals surface area (Å²) in [7, 11) is -4.82. The lowest BCUT2D eigenvalue weighted by atomic mass is 9.88. The van der Waals surface area contributed by atoms with Crippen molar-refractivity contribution in [2.75, 3.05) is 0 Å². The number of aliphatic hydroxyl groups excluding tert-OH is 1.